The summed E-state index contributed by atoms with van der Waals surface area (Å²) in [6, 6.07) is 0. The standard InChI is InChI=1S/C9H20.C2H6.H2/c1-5-9(4)7-6-8(2)3;1-2;/h8-9H,5-7H2,1-4H3;1-2H3;1H. The molecule has 0 nitrogen and oxygen atoms in total. The molecule has 0 bridgehead atoms. The fourth-order valence-electron chi connectivity index (χ4n) is 0.822. The minimum absolute atomic E-state index is 0. The van der Waals surface area contributed by atoms with Gasteiger partial charge in [-0.15, -0.1) is 0 Å². The summed E-state index contributed by atoms with van der Waals surface area (Å²) in [6.07, 6.45) is 4.15. The molecule has 0 aliphatic carbocycles. The van der Waals surface area contributed by atoms with Gasteiger partial charge in [0.25, 0.3) is 0 Å². The van der Waals surface area contributed by atoms with Crippen molar-refractivity contribution in [2.45, 2.75) is 60.8 Å². The zero-order valence-electron chi connectivity index (χ0n) is 9.28. The van der Waals surface area contributed by atoms with E-state index in [9.17, 15) is 0 Å². The Kier molecular flexibility index (Phi) is 12.3. The Morgan fingerprint density at radius 2 is 1.45 bits per heavy atom. The lowest BCUT2D eigenvalue weighted by atomic mass is 9.98. The fraction of sp³-hybridized carbons (Fsp3) is 1.00. The van der Waals surface area contributed by atoms with Gasteiger partial charge in [-0.1, -0.05) is 60.8 Å². The maximum absolute atomic E-state index is 2.34. The molecular formula is C11H28. The van der Waals surface area contributed by atoms with Crippen molar-refractivity contribution >= 4 is 0 Å². The third-order valence-corrected chi connectivity index (χ3v) is 1.93. The quantitative estimate of drug-likeness (QED) is 0.557. The van der Waals surface area contributed by atoms with Gasteiger partial charge < -0.3 is 0 Å². The van der Waals surface area contributed by atoms with E-state index in [1.54, 1.807) is 0 Å². The fourth-order valence-corrected chi connectivity index (χ4v) is 0.822. The van der Waals surface area contributed by atoms with Gasteiger partial charge in [0.05, 0.1) is 0 Å². The van der Waals surface area contributed by atoms with Gasteiger partial charge in [-0.05, 0) is 11.8 Å². The molecule has 0 aliphatic rings. The first-order chi connectivity index (χ1) is 5.16. The normalized spacial score (nSPS) is 12.3. The monoisotopic (exact) mass is 160 g/mol. The molecule has 0 aromatic heterocycles. The highest BCUT2D eigenvalue weighted by molar-refractivity contribution is 4.52. The molecule has 72 valence electrons. The molecule has 1 unspecified atom stereocenters. The van der Waals surface area contributed by atoms with Crippen molar-refractivity contribution in [3.63, 3.8) is 0 Å². The van der Waals surface area contributed by atoms with Crippen molar-refractivity contribution < 1.29 is 1.43 Å². The predicted molar refractivity (Wildman–Crippen MR) is 57.0 cm³/mol. The summed E-state index contributed by atoms with van der Waals surface area (Å²) in [6.45, 7) is 13.2. The van der Waals surface area contributed by atoms with Crippen LogP contribution in [0.4, 0.5) is 0 Å². The maximum atomic E-state index is 2.34. The first-order valence-corrected chi connectivity index (χ1v) is 5.16. The highest BCUT2D eigenvalue weighted by Crippen LogP contribution is 2.13. The molecular weight excluding hydrogens is 132 g/mol. The molecule has 0 saturated carbocycles. The van der Waals surface area contributed by atoms with Gasteiger partial charge in [0.1, 0.15) is 0 Å². The van der Waals surface area contributed by atoms with E-state index in [0.717, 1.165) is 11.8 Å². The molecule has 0 fully saturated rings. The molecule has 0 aromatic rings. The summed E-state index contributed by atoms with van der Waals surface area (Å²) >= 11 is 0. The Morgan fingerprint density at radius 3 is 1.73 bits per heavy atom. The van der Waals surface area contributed by atoms with Crippen molar-refractivity contribution in [1.29, 1.82) is 0 Å². The Labute approximate surface area is 74.9 Å². The number of rotatable bonds is 4. The van der Waals surface area contributed by atoms with E-state index in [0.29, 0.717) is 0 Å². The second-order valence-corrected chi connectivity index (χ2v) is 3.48. The van der Waals surface area contributed by atoms with Crippen LogP contribution in [0.2, 0.25) is 0 Å². The summed E-state index contributed by atoms with van der Waals surface area (Å²) in [4.78, 5) is 0. The van der Waals surface area contributed by atoms with Crippen LogP contribution in [0.25, 0.3) is 0 Å². The van der Waals surface area contributed by atoms with Crippen LogP contribution in [0.15, 0.2) is 0 Å². The Hall–Kier alpha value is 0. The molecule has 0 radical (unpaired) electrons. The summed E-state index contributed by atoms with van der Waals surface area (Å²) in [5, 5.41) is 0. The zero-order chi connectivity index (χ0) is 9.28. The van der Waals surface area contributed by atoms with Crippen LogP contribution in [-0.4, -0.2) is 0 Å². The highest BCUT2D eigenvalue weighted by Gasteiger charge is 1.99. The van der Waals surface area contributed by atoms with Crippen molar-refractivity contribution in [2.75, 3.05) is 0 Å². The van der Waals surface area contributed by atoms with E-state index in [2.05, 4.69) is 27.7 Å². The third kappa shape index (κ3) is 13.1. The minimum Gasteiger partial charge on any atom is -0.0683 e. The van der Waals surface area contributed by atoms with Gasteiger partial charge in [-0.25, -0.2) is 0 Å². The van der Waals surface area contributed by atoms with Gasteiger partial charge in [-0.2, -0.15) is 0 Å². The van der Waals surface area contributed by atoms with E-state index in [-0.39, 0.29) is 1.43 Å². The largest absolute Gasteiger partial charge is 0.0683 e. The third-order valence-electron chi connectivity index (χ3n) is 1.93. The van der Waals surface area contributed by atoms with E-state index >= 15 is 0 Å². The molecule has 0 amide bonds. The van der Waals surface area contributed by atoms with Crippen LogP contribution < -0.4 is 0 Å². The van der Waals surface area contributed by atoms with Crippen LogP contribution in [0, 0.1) is 11.8 Å². The van der Waals surface area contributed by atoms with Crippen molar-refractivity contribution in [2.24, 2.45) is 11.8 Å². The van der Waals surface area contributed by atoms with E-state index < -0.39 is 0 Å². The van der Waals surface area contributed by atoms with E-state index in [1.807, 2.05) is 13.8 Å². The summed E-state index contributed by atoms with van der Waals surface area (Å²) < 4.78 is 0. The van der Waals surface area contributed by atoms with Gasteiger partial charge in [0.15, 0.2) is 0 Å². The summed E-state index contributed by atoms with van der Waals surface area (Å²) in [7, 11) is 0. The first kappa shape index (κ1) is 13.6. The minimum atomic E-state index is 0. The van der Waals surface area contributed by atoms with Crippen molar-refractivity contribution in [1.82, 2.24) is 0 Å². The van der Waals surface area contributed by atoms with Gasteiger partial charge in [0, 0.05) is 1.43 Å². The molecule has 11 heavy (non-hydrogen) atoms. The second-order valence-electron chi connectivity index (χ2n) is 3.48. The Balaban J connectivity index is -0.000000249. The molecule has 0 rings (SSSR count). The lowest BCUT2D eigenvalue weighted by Gasteiger charge is -2.09. The van der Waals surface area contributed by atoms with Crippen molar-refractivity contribution in [3.05, 3.63) is 0 Å². The molecule has 0 saturated heterocycles. The van der Waals surface area contributed by atoms with Crippen LogP contribution in [0.3, 0.4) is 0 Å². The van der Waals surface area contributed by atoms with Gasteiger partial charge in [0.2, 0.25) is 0 Å². The molecule has 0 heterocycles. The van der Waals surface area contributed by atoms with E-state index in [1.165, 1.54) is 19.3 Å². The van der Waals surface area contributed by atoms with Gasteiger partial charge in [-0.3, -0.25) is 0 Å². The first-order valence-electron chi connectivity index (χ1n) is 5.16. The summed E-state index contributed by atoms with van der Waals surface area (Å²) in [5.41, 5.74) is 0. The molecule has 0 aliphatic heterocycles. The predicted octanol–water partition coefficient (Wildman–Crippen LogP) is 4.74. The molecule has 0 spiro atoms. The molecule has 0 aromatic carbocycles. The lowest BCUT2D eigenvalue weighted by molar-refractivity contribution is 0.441. The maximum Gasteiger partial charge on any atom is 0 e. The van der Waals surface area contributed by atoms with Crippen LogP contribution in [0.5, 0.6) is 0 Å². The zero-order valence-corrected chi connectivity index (χ0v) is 9.28. The SMILES string of the molecule is CC.CCC(C)CCC(C)C.[HH]. The topological polar surface area (TPSA) is 0 Å². The Bertz CT molecular complexity index is 60.0. The van der Waals surface area contributed by atoms with E-state index in [4.69, 9.17) is 0 Å². The molecule has 0 heteroatoms. The lowest BCUT2D eigenvalue weighted by Crippen LogP contribution is -1.95. The number of hydrogen-bond donors (Lipinski definition) is 0. The van der Waals surface area contributed by atoms with Crippen molar-refractivity contribution in [3.8, 4) is 0 Å². The number of hydrogen-bond acceptors (Lipinski definition) is 0. The molecule has 1 atom stereocenters. The highest BCUT2D eigenvalue weighted by atomic mass is 14.1. The van der Waals surface area contributed by atoms with Crippen LogP contribution in [0.1, 0.15) is 62.2 Å². The summed E-state index contributed by atoms with van der Waals surface area (Å²) in [5.74, 6) is 1.83. The van der Waals surface area contributed by atoms with Crippen LogP contribution >= 0.6 is 0 Å². The second kappa shape index (κ2) is 10.0. The van der Waals surface area contributed by atoms with Crippen LogP contribution in [-0.2, 0) is 0 Å². The Morgan fingerprint density at radius 1 is 1.00 bits per heavy atom. The van der Waals surface area contributed by atoms with Gasteiger partial charge >= 0.3 is 0 Å². The smallest absolute Gasteiger partial charge is 0 e. The molecule has 0 N–H and O–H groups in total. The average Bonchev–Trinajstić information content (AvgIpc) is 2.04. The average molecular weight is 160 g/mol.